The second-order valence-corrected chi connectivity index (χ2v) is 5.36. The first-order valence-corrected chi connectivity index (χ1v) is 7.12. The lowest BCUT2D eigenvalue weighted by atomic mass is 9.97. The van der Waals surface area contributed by atoms with Gasteiger partial charge in [-0.25, -0.2) is 0 Å². The Morgan fingerprint density at radius 1 is 1.29 bits per heavy atom. The average molecular weight is 285 g/mol. The van der Waals surface area contributed by atoms with Crippen LogP contribution in [0.15, 0.2) is 24.3 Å². The lowest BCUT2D eigenvalue weighted by Crippen LogP contribution is -2.42. The number of hydrogen-bond acceptors (Lipinski definition) is 3. The molecule has 4 heteroatoms. The van der Waals surface area contributed by atoms with Gasteiger partial charge in [-0.2, -0.15) is 0 Å². The SMILES string of the molecule is CC1CC(=O)N(Cc2cccc(C#CCCO)c2)C(=O)C1. The van der Waals surface area contributed by atoms with Crippen LogP contribution in [0.5, 0.6) is 0 Å². The molecule has 1 heterocycles. The molecule has 1 N–H and O–H groups in total. The monoisotopic (exact) mass is 285 g/mol. The summed E-state index contributed by atoms with van der Waals surface area (Å²) in [7, 11) is 0. The van der Waals surface area contributed by atoms with Crippen LogP contribution in [0.3, 0.4) is 0 Å². The molecule has 1 aliphatic heterocycles. The zero-order chi connectivity index (χ0) is 15.2. The van der Waals surface area contributed by atoms with Crippen molar-refractivity contribution >= 4 is 11.8 Å². The van der Waals surface area contributed by atoms with E-state index >= 15 is 0 Å². The topological polar surface area (TPSA) is 57.6 Å². The van der Waals surface area contributed by atoms with Gasteiger partial charge in [0.25, 0.3) is 0 Å². The van der Waals surface area contributed by atoms with Gasteiger partial charge in [0.15, 0.2) is 0 Å². The maximum atomic E-state index is 12.0. The molecule has 21 heavy (non-hydrogen) atoms. The first-order valence-electron chi connectivity index (χ1n) is 7.12. The van der Waals surface area contributed by atoms with Crippen LogP contribution in [0.4, 0.5) is 0 Å². The predicted octanol–water partition coefficient (Wildman–Crippen LogP) is 1.71. The zero-order valence-electron chi connectivity index (χ0n) is 12.1. The van der Waals surface area contributed by atoms with E-state index in [1.165, 1.54) is 4.90 Å². The van der Waals surface area contributed by atoms with Gasteiger partial charge >= 0.3 is 0 Å². The highest BCUT2D eigenvalue weighted by molar-refractivity contribution is 5.97. The Labute approximate surface area is 124 Å². The quantitative estimate of drug-likeness (QED) is 0.679. The molecule has 0 saturated carbocycles. The highest BCUT2D eigenvalue weighted by Gasteiger charge is 2.30. The van der Waals surface area contributed by atoms with Crippen LogP contribution in [0.25, 0.3) is 0 Å². The van der Waals surface area contributed by atoms with Crippen LogP contribution in [-0.4, -0.2) is 28.4 Å². The van der Waals surface area contributed by atoms with Crippen molar-refractivity contribution in [1.82, 2.24) is 4.90 Å². The molecule has 0 atom stereocenters. The molecule has 0 unspecified atom stereocenters. The van der Waals surface area contributed by atoms with E-state index in [9.17, 15) is 9.59 Å². The van der Waals surface area contributed by atoms with E-state index in [4.69, 9.17) is 5.11 Å². The first-order chi connectivity index (χ1) is 10.1. The molecular weight excluding hydrogens is 266 g/mol. The van der Waals surface area contributed by atoms with Crippen LogP contribution in [0.2, 0.25) is 0 Å². The fourth-order valence-corrected chi connectivity index (χ4v) is 2.35. The average Bonchev–Trinajstić information content (AvgIpc) is 2.44. The van der Waals surface area contributed by atoms with E-state index in [-0.39, 0.29) is 24.3 Å². The number of piperidine rings is 1. The summed E-state index contributed by atoms with van der Waals surface area (Å²) in [6, 6.07) is 7.49. The fraction of sp³-hybridized carbons (Fsp3) is 0.412. The van der Waals surface area contributed by atoms with Crippen LogP contribution in [-0.2, 0) is 16.1 Å². The zero-order valence-corrected chi connectivity index (χ0v) is 12.1. The number of benzene rings is 1. The predicted molar refractivity (Wildman–Crippen MR) is 79.0 cm³/mol. The molecule has 1 aliphatic rings. The summed E-state index contributed by atoms with van der Waals surface area (Å²) in [5.41, 5.74) is 1.72. The second-order valence-electron chi connectivity index (χ2n) is 5.36. The molecule has 0 aliphatic carbocycles. The van der Waals surface area contributed by atoms with Gasteiger partial charge in [-0.15, -0.1) is 0 Å². The van der Waals surface area contributed by atoms with Crippen LogP contribution in [0.1, 0.15) is 37.3 Å². The van der Waals surface area contributed by atoms with Crippen molar-refractivity contribution in [2.75, 3.05) is 6.61 Å². The van der Waals surface area contributed by atoms with Crippen molar-refractivity contribution in [3.05, 3.63) is 35.4 Å². The third-order valence-corrected chi connectivity index (χ3v) is 3.39. The minimum absolute atomic E-state index is 0.0433. The number of imide groups is 1. The lowest BCUT2D eigenvalue weighted by Gasteiger charge is -2.28. The molecule has 0 bridgehead atoms. The molecule has 0 aromatic heterocycles. The Hall–Kier alpha value is -2.12. The van der Waals surface area contributed by atoms with E-state index in [1.807, 2.05) is 31.2 Å². The first kappa shape index (κ1) is 15.3. The minimum Gasteiger partial charge on any atom is -0.395 e. The molecule has 1 aromatic carbocycles. The number of carbonyl (C=O) groups is 2. The van der Waals surface area contributed by atoms with Crippen molar-refractivity contribution in [2.24, 2.45) is 5.92 Å². The van der Waals surface area contributed by atoms with Crippen molar-refractivity contribution in [1.29, 1.82) is 0 Å². The maximum absolute atomic E-state index is 12.0. The van der Waals surface area contributed by atoms with Gasteiger partial charge in [-0.1, -0.05) is 30.9 Å². The highest BCUT2D eigenvalue weighted by Crippen LogP contribution is 2.21. The molecule has 1 aromatic rings. The van der Waals surface area contributed by atoms with Gasteiger partial charge in [0, 0.05) is 24.8 Å². The molecule has 4 nitrogen and oxygen atoms in total. The van der Waals surface area contributed by atoms with Gasteiger partial charge in [-0.05, 0) is 23.6 Å². The molecule has 0 radical (unpaired) electrons. The molecule has 1 fully saturated rings. The molecule has 1 saturated heterocycles. The van der Waals surface area contributed by atoms with E-state index in [0.29, 0.717) is 25.8 Å². The van der Waals surface area contributed by atoms with Gasteiger partial charge in [0.1, 0.15) is 0 Å². The number of likely N-dealkylation sites (tertiary alicyclic amines) is 1. The summed E-state index contributed by atoms with van der Waals surface area (Å²) in [4.78, 5) is 25.3. The number of aliphatic hydroxyl groups excluding tert-OH is 1. The molecule has 2 rings (SSSR count). The van der Waals surface area contributed by atoms with E-state index in [1.54, 1.807) is 0 Å². The van der Waals surface area contributed by atoms with Crippen molar-refractivity contribution in [2.45, 2.75) is 32.7 Å². The Bertz CT molecular complexity index is 580. The third-order valence-electron chi connectivity index (χ3n) is 3.39. The standard InChI is InChI=1S/C17H19NO3/c1-13-9-16(20)18(17(21)10-13)12-15-7-4-6-14(11-15)5-2-3-8-19/h4,6-7,11,13,19H,3,8-10,12H2,1H3. The number of carbonyl (C=O) groups excluding carboxylic acids is 2. The molecular formula is C17H19NO3. The Morgan fingerprint density at radius 2 is 2.00 bits per heavy atom. The number of aliphatic hydroxyl groups is 1. The molecule has 0 spiro atoms. The van der Waals surface area contributed by atoms with Crippen LogP contribution >= 0.6 is 0 Å². The van der Waals surface area contributed by atoms with Crippen molar-refractivity contribution < 1.29 is 14.7 Å². The summed E-state index contributed by atoms with van der Waals surface area (Å²) < 4.78 is 0. The summed E-state index contributed by atoms with van der Waals surface area (Å²) in [6.45, 7) is 2.27. The second kappa shape index (κ2) is 7.05. The summed E-state index contributed by atoms with van der Waals surface area (Å²) in [6.07, 6.45) is 1.30. The van der Waals surface area contributed by atoms with Gasteiger partial charge < -0.3 is 5.11 Å². The largest absolute Gasteiger partial charge is 0.395 e. The Balaban J connectivity index is 2.09. The van der Waals surface area contributed by atoms with E-state index in [2.05, 4.69) is 11.8 Å². The van der Waals surface area contributed by atoms with Gasteiger partial charge in [0.2, 0.25) is 11.8 Å². The Morgan fingerprint density at radius 3 is 2.67 bits per heavy atom. The van der Waals surface area contributed by atoms with Gasteiger partial charge in [0.05, 0.1) is 13.2 Å². The molecule has 2 amide bonds. The van der Waals surface area contributed by atoms with E-state index < -0.39 is 0 Å². The lowest BCUT2D eigenvalue weighted by molar-refractivity contribution is -0.150. The maximum Gasteiger partial charge on any atom is 0.229 e. The fourth-order valence-electron chi connectivity index (χ4n) is 2.35. The smallest absolute Gasteiger partial charge is 0.229 e. The summed E-state index contributed by atoms with van der Waals surface area (Å²) in [5.74, 6) is 5.75. The number of hydrogen-bond donors (Lipinski definition) is 1. The third kappa shape index (κ3) is 4.17. The van der Waals surface area contributed by atoms with Crippen LogP contribution < -0.4 is 0 Å². The number of amides is 2. The minimum atomic E-state index is -0.101. The summed E-state index contributed by atoms with van der Waals surface area (Å²) >= 11 is 0. The number of rotatable bonds is 3. The van der Waals surface area contributed by atoms with Gasteiger partial charge in [-0.3, -0.25) is 14.5 Å². The van der Waals surface area contributed by atoms with E-state index in [0.717, 1.165) is 11.1 Å². The highest BCUT2D eigenvalue weighted by atomic mass is 16.2. The normalized spacial score (nSPS) is 15.8. The number of nitrogens with zero attached hydrogens (tertiary/aromatic N) is 1. The van der Waals surface area contributed by atoms with Crippen molar-refractivity contribution in [3.63, 3.8) is 0 Å². The summed E-state index contributed by atoms with van der Waals surface area (Å²) in [5, 5.41) is 8.71. The molecule has 110 valence electrons. The Kier molecular flexibility index (Phi) is 5.13. The van der Waals surface area contributed by atoms with Crippen molar-refractivity contribution in [3.8, 4) is 11.8 Å². The van der Waals surface area contributed by atoms with Crippen LogP contribution in [0, 0.1) is 17.8 Å².